The third-order valence-corrected chi connectivity index (χ3v) is 4.54. The molecule has 2 rings (SSSR count). The summed E-state index contributed by atoms with van der Waals surface area (Å²) in [4.78, 5) is 24.0. The predicted octanol–water partition coefficient (Wildman–Crippen LogP) is 4.46. The number of ether oxygens (including phenoxy) is 2. The van der Waals surface area contributed by atoms with Crippen LogP contribution in [0, 0.1) is 6.92 Å². The lowest BCUT2D eigenvalue weighted by Crippen LogP contribution is -2.21. The monoisotopic (exact) mass is 469 g/mol. The molecule has 132 valence electrons. The van der Waals surface area contributed by atoms with Gasteiger partial charge >= 0.3 is 5.97 Å². The Hall–Kier alpha value is -1.70. The SMILES string of the molecule is COCc1ccc(C(=O)OCC(=O)Nc2c(Br)cc(C)cc2Br)cc1. The highest BCUT2D eigenvalue weighted by molar-refractivity contribution is 9.11. The topological polar surface area (TPSA) is 64.6 Å². The van der Waals surface area contributed by atoms with Crippen molar-refractivity contribution in [1.82, 2.24) is 0 Å². The van der Waals surface area contributed by atoms with E-state index < -0.39 is 11.9 Å². The van der Waals surface area contributed by atoms with Crippen LogP contribution in [0.5, 0.6) is 0 Å². The van der Waals surface area contributed by atoms with Crippen molar-refractivity contribution in [3.05, 3.63) is 62.0 Å². The molecule has 2 aromatic rings. The third-order valence-electron chi connectivity index (χ3n) is 3.29. The van der Waals surface area contributed by atoms with Gasteiger partial charge in [0, 0.05) is 16.1 Å². The number of esters is 1. The number of carbonyl (C=O) groups excluding carboxylic acids is 2. The van der Waals surface area contributed by atoms with Crippen LogP contribution in [0.3, 0.4) is 0 Å². The molecule has 0 aliphatic heterocycles. The van der Waals surface area contributed by atoms with E-state index in [2.05, 4.69) is 37.2 Å². The highest BCUT2D eigenvalue weighted by Gasteiger charge is 2.13. The van der Waals surface area contributed by atoms with Gasteiger partial charge in [0.2, 0.25) is 0 Å². The first-order chi connectivity index (χ1) is 11.9. The summed E-state index contributed by atoms with van der Waals surface area (Å²) >= 11 is 6.80. The van der Waals surface area contributed by atoms with Crippen molar-refractivity contribution in [1.29, 1.82) is 0 Å². The maximum absolute atomic E-state index is 12.0. The van der Waals surface area contributed by atoms with Crippen molar-refractivity contribution < 1.29 is 19.1 Å². The van der Waals surface area contributed by atoms with E-state index in [1.165, 1.54) is 0 Å². The summed E-state index contributed by atoms with van der Waals surface area (Å²) in [6, 6.07) is 10.6. The first-order valence-electron chi connectivity index (χ1n) is 7.41. The Morgan fingerprint density at radius 2 is 1.68 bits per heavy atom. The summed E-state index contributed by atoms with van der Waals surface area (Å²) in [5.41, 5.74) is 2.96. The van der Waals surface area contributed by atoms with Gasteiger partial charge in [-0.25, -0.2) is 4.79 Å². The molecular weight excluding hydrogens is 454 g/mol. The minimum atomic E-state index is -0.554. The van der Waals surface area contributed by atoms with Crippen LogP contribution in [-0.2, 0) is 20.9 Å². The lowest BCUT2D eigenvalue weighted by molar-refractivity contribution is -0.119. The molecule has 25 heavy (non-hydrogen) atoms. The maximum atomic E-state index is 12.0. The van der Waals surface area contributed by atoms with Crippen LogP contribution < -0.4 is 5.32 Å². The molecule has 0 radical (unpaired) electrons. The van der Waals surface area contributed by atoms with Gasteiger partial charge in [-0.05, 0) is 74.2 Å². The van der Waals surface area contributed by atoms with E-state index in [4.69, 9.17) is 9.47 Å². The summed E-state index contributed by atoms with van der Waals surface area (Å²) in [5, 5.41) is 2.71. The van der Waals surface area contributed by atoms with E-state index in [9.17, 15) is 9.59 Å². The molecule has 0 saturated heterocycles. The molecule has 0 fully saturated rings. The summed E-state index contributed by atoms with van der Waals surface area (Å²) in [6.07, 6.45) is 0. The van der Waals surface area contributed by atoms with Gasteiger partial charge in [0.05, 0.1) is 17.9 Å². The number of carbonyl (C=O) groups is 2. The Kier molecular flexibility index (Phi) is 7.16. The van der Waals surface area contributed by atoms with Crippen LogP contribution in [-0.4, -0.2) is 25.6 Å². The lowest BCUT2D eigenvalue weighted by atomic mass is 10.1. The van der Waals surface area contributed by atoms with Gasteiger partial charge in [-0.3, -0.25) is 4.79 Å². The van der Waals surface area contributed by atoms with Crippen molar-refractivity contribution in [2.24, 2.45) is 0 Å². The van der Waals surface area contributed by atoms with Crippen molar-refractivity contribution in [3.63, 3.8) is 0 Å². The Morgan fingerprint density at radius 3 is 2.24 bits per heavy atom. The van der Waals surface area contributed by atoms with Crippen molar-refractivity contribution >= 4 is 49.4 Å². The highest BCUT2D eigenvalue weighted by Crippen LogP contribution is 2.32. The molecule has 7 heteroatoms. The molecule has 1 N–H and O–H groups in total. The van der Waals surface area contributed by atoms with Crippen LogP contribution in [0.25, 0.3) is 0 Å². The largest absolute Gasteiger partial charge is 0.452 e. The molecular formula is C18H17Br2NO4. The standard InChI is InChI=1S/C18H17Br2NO4/c1-11-7-14(19)17(15(20)8-11)21-16(22)10-25-18(23)13-5-3-12(4-6-13)9-24-2/h3-8H,9-10H2,1-2H3,(H,21,22). The smallest absolute Gasteiger partial charge is 0.338 e. The third kappa shape index (κ3) is 5.66. The molecule has 0 heterocycles. The molecule has 0 aliphatic rings. The van der Waals surface area contributed by atoms with Crippen molar-refractivity contribution in [3.8, 4) is 0 Å². The number of halogens is 2. The number of methoxy groups -OCH3 is 1. The van der Waals surface area contributed by atoms with Gasteiger partial charge in [-0.15, -0.1) is 0 Å². The molecule has 0 bridgehead atoms. The number of aryl methyl sites for hydroxylation is 1. The Labute approximate surface area is 163 Å². The average molecular weight is 471 g/mol. The molecule has 0 unspecified atom stereocenters. The van der Waals surface area contributed by atoms with Gasteiger partial charge < -0.3 is 14.8 Å². The highest BCUT2D eigenvalue weighted by atomic mass is 79.9. The number of amides is 1. The number of hydrogen-bond donors (Lipinski definition) is 1. The van der Waals surface area contributed by atoms with Crippen molar-refractivity contribution in [2.75, 3.05) is 19.0 Å². The Balaban J connectivity index is 1.92. The van der Waals surface area contributed by atoms with E-state index >= 15 is 0 Å². The second-order valence-electron chi connectivity index (χ2n) is 5.36. The fourth-order valence-electron chi connectivity index (χ4n) is 2.11. The predicted molar refractivity (Wildman–Crippen MR) is 103 cm³/mol. The Morgan fingerprint density at radius 1 is 1.08 bits per heavy atom. The number of rotatable bonds is 6. The minimum Gasteiger partial charge on any atom is -0.452 e. The average Bonchev–Trinajstić information content (AvgIpc) is 2.57. The zero-order chi connectivity index (χ0) is 18.4. The zero-order valence-corrected chi connectivity index (χ0v) is 16.9. The summed E-state index contributed by atoms with van der Waals surface area (Å²) in [5.74, 6) is -0.976. The fourth-order valence-corrected chi connectivity index (χ4v) is 3.73. The summed E-state index contributed by atoms with van der Waals surface area (Å²) < 4.78 is 11.6. The van der Waals surface area contributed by atoms with Gasteiger partial charge in [0.15, 0.2) is 6.61 Å². The number of benzene rings is 2. The van der Waals surface area contributed by atoms with Crippen LogP contribution in [0.4, 0.5) is 5.69 Å². The molecule has 2 aromatic carbocycles. The lowest BCUT2D eigenvalue weighted by Gasteiger charge is -2.11. The van der Waals surface area contributed by atoms with Gasteiger partial charge in [-0.2, -0.15) is 0 Å². The molecule has 0 aromatic heterocycles. The van der Waals surface area contributed by atoms with E-state index in [-0.39, 0.29) is 6.61 Å². The summed E-state index contributed by atoms with van der Waals surface area (Å²) in [6.45, 7) is 2.05. The number of nitrogens with one attached hydrogen (secondary N) is 1. The van der Waals surface area contributed by atoms with E-state index in [1.807, 2.05) is 19.1 Å². The molecule has 0 aliphatic carbocycles. The van der Waals surface area contributed by atoms with Crippen LogP contribution in [0.2, 0.25) is 0 Å². The maximum Gasteiger partial charge on any atom is 0.338 e. The van der Waals surface area contributed by atoms with Crippen LogP contribution in [0.15, 0.2) is 45.3 Å². The second kappa shape index (κ2) is 9.12. The van der Waals surface area contributed by atoms with Gasteiger partial charge in [-0.1, -0.05) is 12.1 Å². The summed E-state index contributed by atoms with van der Waals surface area (Å²) in [7, 11) is 1.60. The molecule has 1 amide bonds. The van der Waals surface area contributed by atoms with Crippen molar-refractivity contribution in [2.45, 2.75) is 13.5 Å². The normalized spacial score (nSPS) is 10.4. The molecule has 0 atom stereocenters. The quantitative estimate of drug-likeness (QED) is 0.633. The minimum absolute atomic E-state index is 0.370. The second-order valence-corrected chi connectivity index (χ2v) is 7.07. The molecule has 0 spiro atoms. The first kappa shape index (κ1) is 19.6. The van der Waals surface area contributed by atoms with Gasteiger partial charge in [0.25, 0.3) is 5.91 Å². The zero-order valence-electron chi connectivity index (χ0n) is 13.8. The number of hydrogen-bond acceptors (Lipinski definition) is 4. The Bertz CT molecular complexity index is 752. The first-order valence-corrected chi connectivity index (χ1v) is 9.00. The van der Waals surface area contributed by atoms with Gasteiger partial charge in [0.1, 0.15) is 0 Å². The van der Waals surface area contributed by atoms with Crippen LogP contribution >= 0.6 is 31.9 Å². The molecule has 0 saturated carbocycles. The number of anilines is 1. The van der Waals surface area contributed by atoms with E-state index in [0.29, 0.717) is 17.9 Å². The van der Waals surface area contributed by atoms with E-state index in [1.54, 1.807) is 31.4 Å². The molecule has 5 nitrogen and oxygen atoms in total. The van der Waals surface area contributed by atoms with E-state index in [0.717, 1.165) is 20.1 Å². The van der Waals surface area contributed by atoms with Crippen LogP contribution in [0.1, 0.15) is 21.5 Å². The fraction of sp³-hybridized carbons (Fsp3) is 0.222.